The Hall–Kier alpha value is -0.890. The van der Waals surface area contributed by atoms with E-state index in [1.807, 2.05) is 0 Å². The van der Waals surface area contributed by atoms with Gasteiger partial charge in [0.2, 0.25) is 0 Å². The maximum atomic E-state index is 7.02. The number of hydrogen-bond donors (Lipinski definition) is 0. The van der Waals surface area contributed by atoms with Gasteiger partial charge in [0.1, 0.15) is 0 Å². The SMILES string of the molecule is Cc1cccc(C2C[C@@H]3C4CCCCC45CCC3C2(C)O5)n1. The van der Waals surface area contributed by atoms with E-state index in [0.717, 1.165) is 23.4 Å². The second-order valence-corrected chi connectivity index (χ2v) is 8.50. The van der Waals surface area contributed by atoms with Crippen molar-refractivity contribution in [2.24, 2.45) is 17.8 Å². The topological polar surface area (TPSA) is 22.1 Å². The fourth-order valence-electron chi connectivity index (χ4n) is 6.79. The van der Waals surface area contributed by atoms with Gasteiger partial charge in [-0.2, -0.15) is 0 Å². The van der Waals surface area contributed by atoms with Crippen LogP contribution >= 0.6 is 0 Å². The van der Waals surface area contributed by atoms with Gasteiger partial charge in [0.15, 0.2) is 0 Å². The van der Waals surface area contributed by atoms with Gasteiger partial charge in [0, 0.05) is 17.3 Å². The molecule has 2 nitrogen and oxygen atoms in total. The number of fused-ring (bicyclic) bond motifs is 1. The molecule has 2 aliphatic heterocycles. The molecule has 6 atom stereocenters. The molecule has 22 heavy (non-hydrogen) atoms. The number of pyridine rings is 1. The Kier molecular flexibility index (Phi) is 2.67. The Morgan fingerprint density at radius 1 is 1.14 bits per heavy atom. The predicted molar refractivity (Wildman–Crippen MR) is 86.7 cm³/mol. The molecular formula is C20H27NO. The van der Waals surface area contributed by atoms with Crippen LogP contribution in [0.5, 0.6) is 0 Å². The molecule has 3 heterocycles. The van der Waals surface area contributed by atoms with Crippen molar-refractivity contribution in [2.45, 2.75) is 75.9 Å². The first-order valence-electron chi connectivity index (χ1n) is 9.26. The molecule has 2 saturated heterocycles. The fraction of sp³-hybridized carbons (Fsp3) is 0.750. The van der Waals surface area contributed by atoms with Gasteiger partial charge in [-0.25, -0.2) is 0 Å². The molecule has 118 valence electrons. The van der Waals surface area contributed by atoms with Crippen LogP contribution in [0.1, 0.15) is 69.2 Å². The lowest BCUT2D eigenvalue weighted by Crippen LogP contribution is -2.63. The quantitative estimate of drug-likeness (QED) is 0.754. The van der Waals surface area contributed by atoms with E-state index in [1.54, 1.807) is 0 Å². The molecule has 5 unspecified atom stereocenters. The lowest BCUT2D eigenvalue weighted by atomic mass is 9.55. The van der Waals surface area contributed by atoms with Crippen LogP contribution in [-0.4, -0.2) is 16.2 Å². The van der Waals surface area contributed by atoms with Gasteiger partial charge in [0.05, 0.1) is 11.2 Å². The summed E-state index contributed by atoms with van der Waals surface area (Å²) in [7, 11) is 0. The van der Waals surface area contributed by atoms with Crippen LogP contribution in [-0.2, 0) is 4.74 Å². The van der Waals surface area contributed by atoms with Crippen LogP contribution in [0.25, 0.3) is 0 Å². The Morgan fingerprint density at radius 3 is 2.91 bits per heavy atom. The molecule has 4 bridgehead atoms. The lowest BCUT2D eigenvalue weighted by molar-refractivity contribution is -0.283. The van der Waals surface area contributed by atoms with Crippen LogP contribution in [0.15, 0.2) is 18.2 Å². The highest BCUT2D eigenvalue weighted by Gasteiger charge is 2.68. The Morgan fingerprint density at radius 2 is 2.05 bits per heavy atom. The smallest absolute Gasteiger partial charge is 0.0776 e. The first-order chi connectivity index (χ1) is 10.6. The highest BCUT2D eigenvalue weighted by atomic mass is 16.5. The van der Waals surface area contributed by atoms with E-state index in [4.69, 9.17) is 9.72 Å². The summed E-state index contributed by atoms with van der Waals surface area (Å²) in [5.74, 6) is 3.00. The van der Waals surface area contributed by atoms with Crippen molar-refractivity contribution >= 4 is 0 Å². The summed E-state index contributed by atoms with van der Waals surface area (Å²) >= 11 is 0. The third-order valence-electron chi connectivity index (χ3n) is 7.58. The average molecular weight is 297 g/mol. The molecule has 1 aromatic heterocycles. The summed E-state index contributed by atoms with van der Waals surface area (Å²) in [5, 5.41) is 0. The molecule has 3 saturated carbocycles. The van der Waals surface area contributed by atoms with E-state index in [-0.39, 0.29) is 11.2 Å². The number of rotatable bonds is 1. The molecule has 1 spiro atoms. The Bertz CT molecular complexity index is 609. The van der Waals surface area contributed by atoms with Crippen LogP contribution < -0.4 is 0 Å². The summed E-state index contributed by atoms with van der Waals surface area (Å²) in [4.78, 5) is 4.88. The van der Waals surface area contributed by atoms with Gasteiger partial charge >= 0.3 is 0 Å². The van der Waals surface area contributed by atoms with Gasteiger partial charge in [-0.05, 0) is 75.8 Å². The van der Waals surface area contributed by atoms with E-state index in [0.29, 0.717) is 5.92 Å². The van der Waals surface area contributed by atoms with Crippen LogP contribution in [0.3, 0.4) is 0 Å². The van der Waals surface area contributed by atoms with E-state index >= 15 is 0 Å². The highest BCUT2D eigenvalue weighted by Crippen LogP contribution is 2.69. The van der Waals surface area contributed by atoms with Gasteiger partial charge in [-0.15, -0.1) is 0 Å². The van der Waals surface area contributed by atoms with Gasteiger partial charge in [-0.3, -0.25) is 4.98 Å². The zero-order chi connectivity index (χ0) is 14.9. The maximum Gasteiger partial charge on any atom is 0.0776 e. The fourth-order valence-corrected chi connectivity index (χ4v) is 6.79. The molecule has 0 radical (unpaired) electrons. The lowest BCUT2D eigenvalue weighted by Gasteiger charge is -2.62. The number of nitrogens with zero attached hydrogens (tertiary/aromatic N) is 1. The molecular weight excluding hydrogens is 270 g/mol. The first-order valence-corrected chi connectivity index (χ1v) is 9.26. The monoisotopic (exact) mass is 297 g/mol. The van der Waals surface area contributed by atoms with Gasteiger partial charge in [0.25, 0.3) is 0 Å². The summed E-state index contributed by atoms with van der Waals surface area (Å²) < 4.78 is 7.02. The van der Waals surface area contributed by atoms with Crippen molar-refractivity contribution in [1.82, 2.24) is 4.98 Å². The van der Waals surface area contributed by atoms with Crippen LogP contribution in [0, 0.1) is 24.7 Å². The molecule has 0 N–H and O–H groups in total. The van der Waals surface area contributed by atoms with Crippen molar-refractivity contribution in [3.8, 4) is 0 Å². The zero-order valence-electron chi connectivity index (χ0n) is 13.8. The average Bonchev–Trinajstić information content (AvgIpc) is 2.75. The zero-order valence-corrected chi connectivity index (χ0v) is 13.8. The van der Waals surface area contributed by atoms with Gasteiger partial charge in [-0.1, -0.05) is 18.9 Å². The number of aryl methyl sites for hydroxylation is 1. The maximum absolute atomic E-state index is 7.02. The summed E-state index contributed by atoms with van der Waals surface area (Å²) in [6.07, 6.45) is 9.53. The van der Waals surface area contributed by atoms with Crippen LogP contribution in [0.4, 0.5) is 0 Å². The van der Waals surface area contributed by atoms with E-state index in [9.17, 15) is 0 Å². The minimum absolute atomic E-state index is 0.0392. The minimum atomic E-state index is 0.0392. The number of hydrogen-bond acceptors (Lipinski definition) is 2. The molecule has 5 aliphatic rings. The normalized spacial score (nSPS) is 49.2. The molecule has 0 aromatic carbocycles. The molecule has 1 aromatic rings. The van der Waals surface area contributed by atoms with E-state index in [1.165, 1.54) is 50.6 Å². The Labute approximate surface area is 133 Å². The van der Waals surface area contributed by atoms with Crippen molar-refractivity contribution < 1.29 is 4.74 Å². The predicted octanol–water partition coefficient (Wildman–Crippen LogP) is 4.62. The minimum Gasteiger partial charge on any atom is -0.368 e. The second kappa shape index (κ2) is 4.35. The van der Waals surface area contributed by atoms with Crippen molar-refractivity contribution in [3.63, 3.8) is 0 Å². The van der Waals surface area contributed by atoms with Crippen molar-refractivity contribution in [2.75, 3.05) is 0 Å². The summed E-state index contributed by atoms with van der Waals surface area (Å²) in [6, 6.07) is 6.52. The molecule has 6 rings (SSSR count). The molecule has 3 aliphatic carbocycles. The number of aromatic nitrogens is 1. The molecule has 5 fully saturated rings. The third kappa shape index (κ3) is 1.57. The number of ether oxygens (including phenoxy) is 1. The standard InChI is InChI=1S/C20H27NO/c1-13-6-5-8-18(21-13)17-12-14-15-9-11-20(22-19(15,17)2)10-4-3-7-16(14)20/h5-6,8,14-17H,3-4,7,9-12H2,1-2H3/t14-,15?,16?,17?,19?,20?/m0/s1. The summed E-state index contributed by atoms with van der Waals surface area (Å²) in [5.41, 5.74) is 2.69. The Balaban J connectivity index is 1.59. The van der Waals surface area contributed by atoms with Crippen molar-refractivity contribution in [3.05, 3.63) is 29.6 Å². The largest absolute Gasteiger partial charge is 0.368 e. The van der Waals surface area contributed by atoms with Gasteiger partial charge < -0.3 is 4.74 Å². The van der Waals surface area contributed by atoms with E-state index < -0.39 is 0 Å². The third-order valence-corrected chi connectivity index (χ3v) is 7.58. The highest BCUT2D eigenvalue weighted by molar-refractivity contribution is 5.27. The van der Waals surface area contributed by atoms with Crippen molar-refractivity contribution in [1.29, 1.82) is 0 Å². The van der Waals surface area contributed by atoms with Crippen LogP contribution in [0.2, 0.25) is 0 Å². The second-order valence-electron chi connectivity index (χ2n) is 8.50. The summed E-state index contributed by atoms with van der Waals surface area (Å²) in [6.45, 7) is 4.52. The molecule has 2 heteroatoms. The molecule has 0 amide bonds. The van der Waals surface area contributed by atoms with E-state index in [2.05, 4.69) is 32.0 Å². The first kappa shape index (κ1) is 13.5.